The summed E-state index contributed by atoms with van der Waals surface area (Å²) in [6.45, 7) is 0.872. The van der Waals surface area contributed by atoms with Gasteiger partial charge in [0.1, 0.15) is 0 Å². The van der Waals surface area contributed by atoms with Gasteiger partial charge in [0.15, 0.2) is 0 Å². The van der Waals surface area contributed by atoms with Gasteiger partial charge < -0.3 is 5.32 Å². The average molecular weight is 504 g/mol. The highest BCUT2D eigenvalue weighted by atomic mass is 35.5. The third kappa shape index (κ3) is 6.12. The Morgan fingerprint density at radius 2 is 1.76 bits per heavy atom. The molecule has 2 aromatic carbocycles. The van der Waals surface area contributed by atoms with Crippen LogP contribution in [0.2, 0.25) is 10.0 Å². The molecule has 0 bridgehead atoms. The van der Waals surface area contributed by atoms with E-state index in [1.165, 1.54) is 35.3 Å². The Kier molecular flexibility index (Phi) is 7.34. The van der Waals surface area contributed by atoms with Crippen molar-refractivity contribution in [2.24, 2.45) is 5.92 Å². The second-order valence-electron chi connectivity index (χ2n) is 8.02. The fraction of sp³-hybridized carbons (Fsp3) is 0.250. The van der Waals surface area contributed by atoms with Crippen molar-refractivity contribution >= 4 is 39.1 Å². The van der Waals surface area contributed by atoms with E-state index in [-0.39, 0.29) is 33.9 Å². The second-order valence-corrected chi connectivity index (χ2v) is 10.8. The standard InChI is InChI=1S/C24H23Cl2N3O3S/c25-22-11-10-21(13-23(22)26)33(31,32)29(16-20-3-1-2-12-27-20)15-18-6-8-19(9-7-18)24(30)28-14-17-4-5-17/h1-3,6-13,17H,4-5,14-16H2,(H,28,30). The van der Waals surface area contributed by atoms with Crippen molar-refractivity contribution < 1.29 is 13.2 Å². The molecule has 3 aromatic rings. The molecule has 0 aliphatic heterocycles. The van der Waals surface area contributed by atoms with Crippen LogP contribution in [-0.4, -0.2) is 30.2 Å². The van der Waals surface area contributed by atoms with Gasteiger partial charge >= 0.3 is 0 Å². The van der Waals surface area contributed by atoms with Gasteiger partial charge in [-0.2, -0.15) is 4.31 Å². The molecule has 0 unspecified atom stereocenters. The highest BCUT2D eigenvalue weighted by molar-refractivity contribution is 7.89. The zero-order valence-electron chi connectivity index (χ0n) is 17.7. The Hall–Kier alpha value is -2.45. The first-order chi connectivity index (χ1) is 15.8. The molecule has 0 radical (unpaired) electrons. The fourth-order valence-corrected chi connectivity index (χ4v) is 5.10. The highest BCUT2D eigenvalue weighted by Gasteiger charge is 2.26. The van der Waals surface area contributed by atoms with Crippen LogP contribution in [0.4, 0.5) is 0 Å². The van der Waals surface area contributed by atoms with Crippen molar-refractivity contribution in [3.63, 3.8) is 0 Å². The smallest absolute Gasteiger partial charge is 0.251 e. The first-order valence-electron chi connectivity index (χ1n) is 10.5. The topological polar surface area (TPSA) is 79.4 Å². The van der Waals surface area contributed by atoms with E-state index in [0.29, 0.717) is 23.7 Å². The van der Waals surface area contributed by atoms with Gasteiger partial charge in [-0.05, 0) is 66.8 Å². The van der Waals surface area contributed by atoms with E-state index in [1.807, 2.05) is 0 Å². The lowest BCUT2D eigenvalue weighted by Gasteiger charge is -2.22. The lowest BCUT2D eigenvalue weighted by molar-refractivity contribution is 0.0951. The number of benzene rings is 2. The molecule has 1 heterocycles. The minimum atomic E-state index is -3.90. The Bertz CT molecular complexity index is 1230. The molecule has 9 heteroatoms. The summed E-state index contributed by atoms with van der Waals surface area (Å²) in [5, 5.41) is 3.38. The maximum atomic E-state index is 13.5. The average Bonchev–Trinajstić information content (AvgIpc) is 3.64. The van der Waals surface area contributed by atoms with E-state index < -0.39 is 10.0 Å². The number of hydrogen-bond donors (Lipinski definition) is 1. The summed E-state index contributed by atoms with van der Waals surface area (Å²) in [4.78, 5) is 16.6. The van der Waals surface area contributed by atoms with Gasteiger partial charge in [0.05, 0.1) is 27.2 Å². The van der Waals surface area contributed by atoms with Gasteiger partial charge in [-0.3, -0.25) is 9.78 Å². The number of nitrogens with one attached hydrogen (secondary N) is 1. The summed E-state index contributed by atoms with van der Waals surface area (Å²) >= 11 is 12.0. The Morgan fingerprint density at radius 3 is 2.39 bits per heavy atom. The van der Waals surface area contributed by atoms with Crippen LogP contribution in [-0.2, 0) is 23.1 Å². The van der Waals surface area contributed by atoms with Gasteiger partial charge in [0.25, 0.3) is 5.91 Å². The summed E-state index contributed by atoms with van der Waals surface area (Å²) in [6.07, 6.45) is 3.95. The van der Waals surface area contributed by atoms with Crippen LogP contribution >= 0.6 is 23.2 Å². The molecule has 0 saturated heterocycles. The monoisotopic (exact) mass is 503 g/mol. The number of halogens is 2. The van der Waals surface area contributed by atoms with Crippen LogP contribution in [0.5, 0.6) is 0 Å². The molecule has 0 atom stereocenters. The van der Waals surface area contributed by atoms with Gasteiger partial charge in [0, 0.05) is 24.8 Å². The number of amides is 1. The molecule has 1 amide bonds. The zero-order valence-corrected chi connectivity index (χ0v) is 20.1. The largest absolute Gasteiger partial charge is 0.352 e. The molecule has 4 rings (SSSR count). The normalized spacial score (nSPS) is 13.8. The molecule has 1 aliphatic rings. The van der Waals surface area contributed by atoms with Crippen molar-refractivity contribution in [2.45, 2.75) is 30.8 Å². The van der Waals surface area contributed by atoms with Crippen LogP contribution in [0.15, 0.2) is 71.8 Å². The predicted molar refractivity (Wildman–Crippen MR) is 129 cm³/mol. The Balaban J connectivity index is 1.56. The van der Waals surface area contributed by atoms with Gasteiger partial charge in [-0.15, -0.1) is 0 Å². The van der Waals surface area contributed by atoms with Crippen molar-refractivity contribution in [1.29, 1.82) is 0 Å². The number of carbonyl (C=O) groups excluding carboxylic acids is 1. The van der Waals surface area contributed by atoms with Crippen molar-refractivity contribution in [2.75, 3.05) is 6.54 Å². The van der Waals surface area contributed by atoms with E-state index in [4.69, 9.17) is 23.2 Å². The van der Waals surface area contributed by atoms with E-state index in [9.17, 15) is 13.2 Å². The van der Waals surface area contributed by atoms with Crippen LogP contribution in [0, 0.1) is 5.92 Å². The fourth-order valence-electron chi connectivity index (χ4n) is 3.31. The first-order valence-corrected chi connectivity index (χ1v) is 12.7. The van der Waals surface area contributed by atoms with Crippen LogP contribution in [0.3, 0.4) is 0 Å². The van der Waals surface area contributed by atoms with Gasteiger partial charge in [-0.1, -0.05) is 41.4 Å². The summed E-state index contributed by atoms with van der Waals surface area (Å²) in [5.41, 5.74) is 1.90. The number of hydrogen-bond acceptors (Lipinski definition) is 4. The third-order valence-corrected chi connectivity index (χ3v) is 7.94. The molecule has 1 fully saturated rings. The van der Waals surface area contributed by atoms with Gasteiger partial charge in [0.2, 0.25) is 10.0 Å². The number of carbonyl (C=O) groups is 1. The van der Waals surface area contributed by atoms with Gasteiger partial charge in [-0.25, -0.2) is 8.42 Å². The molecule has 1 N–H and O–H groups in total. The third-order valence-electron chi connectivity index (χ3n) is 5.42. The predicted octanol–water partition coefficient (Wildman–Crippen LogP) is 4.92. The number of aromatic nitrogens is 1. The van der Waals surface area contributed by atoms with E-state index in [0.717, 1.165) is 5.56 Å². The minimum Gasteiger partial charge on any atom is -0.352 e. The zero-order chi connectivity index (χ0) is 23.4. The van der Waals surface area contributed by atoms with Crippen molar-refractivity contribution in [1.82, 2.24) is 14.6 Å². The van der Waals surface area contributed by atoms with E-state index in [2.05, 4.69) is 10.3 Å². The van der Waals surface area contributed by atoms with E-state index in [1.54, 1.807) is 48.7 Å². The first kappa shape index (κ1) is 23.7. The lowest BCUT2D eigenvalue weighted by atomic mass is 10.1. The maximum Gasteiger partial charge on any atom is 0.251 e. The summed E-state index contributed by atoms with van der Waals surface area (Å²) < 4.78 is 28.3. The SMILES string of the molecule is O=C(NCC1CC1)c1ccc(CN(Cc2ccccn2)S(=O)(=O)c2ccc(Cl)c(Cl)c2)cc1. The van der Waals surface area contributed by atoms with Crippen LogP contribution < -0.4 is 5.32 Å². The molecule has 172 valence electrons. The number of pyridine rings is 1. The molecule has 1 aliphatic carbocycles. The number of sulfonamides is 1. The lowest BCUT2D eigenvalue weighted by Crippen LogP contribution is -2.30. The van der Waals surface area contributed by atoms with Crippen LogP contribution in [0.1, 0.15) is 34.5 Å². The van der Waals surface area contributed by atoms with E-state index >= 15 is 0 Å². The molecule has 0 spiro atoms. The summed E-state index contributed by atoms with van der Waals surface area (Å²) in [6, 6.07) is 16.5. The summed E-state index contributed by atoms with van der Waals surface area (Å²) in [5.74, 6) is 0.474. The quantitative estimate of drug-likeness (QED) is 0.449. The minimum absolute atomic E-state index is 0.0453. The van der Waals surface area contributed by atoms with Crippen molar-refractivity contribution in [3.8, 4) is 0 Å². The summed E-state index contributed by atoms with van der Waals surface area (Å²) in [7, 11) is -3.90. The molecule has 1 saturated carbocycles. The van der Waals surface area contributed by atoms with Crippen LogP contribution in [0.25, 0.3) is 0 Å². The molecule has 1 aromatic heterocycles. The number of nitrogens with zero attached hydrogens (tertiary/aromatic N) is 2. The molecule has 33 heavy (non-hydrogen) atoms. The second kappa shape index (κ2) is 10.2. The Morgan fingerprint density at radius 1 is 1.00 bits per heavy atom. The number of rotatable bonds is 9. The molecular weight excluding hydrogens is 481 g/mol. The Labute approximate surface area is 203 Å². The molecular formula is C24H23Cl2N3O3S. The van der Waals surface area contributed by atoms with Crippen molar-refractivity contribution in [3.05, 3.63) is 93.7 Å². The maximum absolute atomic E-state index is 13.5. The molecule has 6 nitrogen and oxygen atoms in total. The highest BCUT2D eigenvalue weighted by Crippen LogP contribution is 2.29.